The third kappa shape index (κ3) is 15.9. The van der Waals surface area contributed by atoms with Crippen LogP contribution in [-0.4, -0.2) is 137 Å². The predicted octanol–water partition coefficient (Wildman–Crippen LogP) is -2.78. The number of phenols is 1. The Morgan fingerprint density at radius 2 is 1.47 bits per heavy atom. The normalized spacial score (nSPS) is 14.7. The summed E-state index contributed by atoms with van der Waals surface area (Å²) in [6, 6.07) is 5.13. The van der Waals surface area contributed by atoms with Crippen LogP contribution in [0, 0.1) is 5.92 Å². The molecule has 66 heavy (non-hydrogen) atoms. The Morgan fingerprint density at radius 3 is 2.12 bits per heavy atom. The molecule has 354 valence electrons. The van der Waals surface area contributed by atoms with Crippen LogP contribution in [0.15, 0.2) is 69.7 Å². The monoisotopic (exact) mass is 915 g/mol. The van der Waals surface area contributed by atoms with Gasteiger partial charge in [0.1, 0.15) is 48.3 Å². The number of aliphatic hydroxyl groups is 1. The van der Waals surface area contributed by atoms with E-state index in [0.717, 1.165) is 17.2 Å². The highest BCUT2D eigenvalue weighted by Gasteiger charge is 2.32. The van der Waals surface area contributed by atoms with Gasteiger partial charge in [0.2, 0.25) is 35.4 Å². The molecule has 1 aliphatic heterocycles. The number of nitrogens with two attached hydrogens (primary N) is 3. The molecule has 1 aromatic heterocycles. The number of rotatable bonds is 26. The molecule has 2 aromatic carbocycles. The number of phenolic OH excluding ortho intramolecular Hbond substituents is 1. The number of hydrogen-bond acceptors (Lipinski definition) is 13. The van der Waals surface area contributed by atoms with E-state index in [-0.39, 0.29) is 62.0 Å². The number of aromatic amines is 1. The van der Waals surface area contributed by atoms with Crippen molar-refractivity contribution >= 4 is 76.5 Å². The summed E-state index contributed by atoms with van der Waals surface area (Å²) in [5, 5.41) is 36.1. The van der Waals surface area contributed by atoms with Crippen molar-refractivity contribution in [2.45, 2.75) is 88.6 Å². The predicted molar refractivity (Wildman–Crippen MR) is 243 cm³/mol. The number of benzene rings is 2. The average Bonchev–Trinajstić information content (AvgIpc) is 3.89. The average molecular weight is 916 g/mol. The van der Waals surface area contributed by atoms with Crippen molar-refractivity contribution in [3.8, 4) is 5.75 Å². The maximum absolute atomic E-state index is 13.9. The van der Waals surface area contributed by atoms with Crippen LogP contribution in [-0.2, 0) is 51.2 Å². The van der Waals surface area contributed by atoms with E-state index in [1.165, 1.54) is 24.3 Å². The first-order chi connectivity index (χ1) is 31.5. The lowest BCUT2D eigenvalue weighted by molar-refractivity contribution is -0.135. The molecule has 0 saturated heterocycles. The largest absolute Gasteiger partial charge is 0.508 e. The SMILES string of the molecule is CC(C)C[C@H](NC(=O)CNC(=O)[C@H](Cc1ccc(O)cc1)NC(=O)[C@H](CO)NC(=O)[C@H](Cc1c[nH]c2ccccc12)NC(=O)[C@@H](N)CC1=NC=NC1=O)C(=O)N[C@H](C=O)CCCN=C(N)N. The van der Waals surface area contributed by atoms with Gasteiger partial charge in [-0.15, -0.1) is 0 Å². The van der Waals surface area contributed by atoms with Gasteiger partial charge in [0, 0.05) is 42.9 Å². The van der Waals surface area contributed by atoms with Crippen LogP contribution in [0.3, 0.4) is 0 Å². The number of fused-ring (bicyclic) bond motifs is 1. The minimum absolute atomic E-state index is 0.0464. The fourth-order valence-corrected chi connectivity index (χ4v) is 6.76. The minimum atomic E-state index is -1.67. The molecule has 15 N–H and O–H groups in total. The van der Waals surface area contributed by atoms with Gasteiger partial charge >= 0.3 is 0 Å². The van der Waals surface area contributed by atoms with Crippen LogP contribution in [0.2, 0.25) is 0 Å². The molecule has 3 aromatic rings. The number of carbonyl (C=O) groups excluding carboxylic acids is 8. The van der Waals surface area contributed by atoms with Crippen molar-refractivity contribution in [1.82, 2.24) is 36.9 Å². The zero-order valence-electron chi connectivity index (χ0n) is 36.5. The van der Waals surface area contributed by atoms with Gasteiger partial charge in [-0.3, -0.25) is 38.6 Å². The molecule has 7 amide bonds. The van der Waals surface area contributed by atoms with E-state index in [9.17, 15) is 48.6 Å². The summed E-state index contributed by atoms with van der Waals surface area (Å²) in [7, 11) is 0. The number of aromatic nitrogens is 1. The lowest BCUT2D eigenvalue weighted by atomic mass is 10.0. The molecule has 6 atom stereocenters. The summed E-state index contributed by atoms with van der Waals surface area (Å²) >= 11 is 0. The molecule has 1 aliphatic rings. The Morgan fingerprint density at radius 1 is 0.818 bits per heavy atom. The van der Waals surface area contributed by atoms with E-state index in [4.69, 9.17) is 17.2 Å². The van der Waals surface area contributed by atoms with E-state index < -0.39 is 90.8 Å². The summed E-state index contributed by atoms with van der Waals surface area (Å²) in [4.78, 5) is 119. The van der Waals surface area contributed by atoms with Gasteiger partial charge in [-0.05, 0) is 54.5 Å². The minimum Gasteiger partial charge on any atom is -0.508 e. The fraction of sp³-hybridized carbons (Fsp3) is 0.419. The number of nitrogens with zero attached hydrogens (tertiary/aromatic N) is 3. The molecule has 0 unspecified atom stereocenters. The lowest BCUT2D eigenvalue weighted by Gasteiger charge is -2.25. The summed E-state index contributed by atoms with van der Waals surface area (Å²) in [5.41, 5.74) is 18.5. The number of amides is 7. The number of aliphatic hydroxyl groups excluding tert-OH is 1. The third-order valence-corrected chi connectivity index (χ3v) is 10.2. The van der Waals surface area contributed by atoms with E-state index >= 15 is 0 Å². The summed E-state index contributed by atoms with van der Waals surface area (Å²) in [6.07, 6.45) is 3.47. The standard InChI is InChI=1S/C43H57N13O10/c1-23(2)14-32(40(64)52-26(20-57)6-5-13-47-43(45)46)53-36(60)19-49-39(63)33(15-24-9-11-27(59)12-10-24)55-42(66)35(21-58)56-41(65)34(16-25-18-48-30-8-4-3-7-28(25)30)54-37(61)29(44)17-31-38(62)51-22-50-31/h3-4,7-12,18,20,22-23,26,29,32-35,48,58-59H,5-6,13-17,19,21,44H2,1-2H3,(H,49,63)(H,52,64)(H,53,60)(H,54,61)(H,55,66)(H,56,65)(H4,45,46,47)/t26-,29-,32-,33-,34-,35-/m0/s1. The Balaban J connectivity index is 1.46. The highest BCUT2D eigenvalue weighted by atomic mass is 16.3. The summed E-state index contributed by atoms with van der Waals surface area (Å²) in [6.45, 7) is 2.28. The van der Waals surface area contributed by atoms with Crippen molar-refractivity contribution in [1.29, 1.82) is 0 Å². The Bertz CT molecular complexity index is 2310. The first-order valence-electron chi connectivity index (χ1n) is 21.1. The maximum Gasteiger partial charge on any atom is 0.292 e. The maximum atomic E-state index is 13.9. The second-order valence-electron chi connectivity index (χ2n) is 15.9. The third-order valence-electron chi connectivity index (χ3n) is 10.2. The molecule has 0 saturated carbocycles. The number of H-pyrrole nitrogens is 1. The van der Waals surface area contributed by atoms with Crippen LogP contribution in [0.5, 0.6) is 5.75 Å². The van der Waals surface area contributed by atoms with Crippen LogP contribution in [0.1, 0.15) is 50.7 Å². The van der Waals surface area contributed by atoms with Gasteiger partial charge in [0.25, 0.3) is 5.91 Å². The number of aliphatic imine (C=N–C) groups is 3. The number of guanidine groups is 1. The molecule has 0 bridgehead atoms. The van der Waals surface area contributed by atoms with Gasteiger partial charge in [0.15, 0.2) is 5.96 Å². The zero-order valence-corrected chi connectivity index (χ0v) is 36.5. The second-order valence-corrected chi connectivity index (χ2v) is 15.9. The van der Waals surface area contributed by atoms with Gasteiger partial charge in [-0.25, -0.2) is 4.99 Å². The topological polar surface area (TPSA) is 380 Å². The summed E-state index contributed by atoms with van der Waals surface area (Å²) in [5.74, 6) is -5.93. The molecular formula is C43H57N13O10. The number of nitrogens with one attached hydrogen (secondary N) is 7. The number of aromatic hydroxyl groups is 1. The van der Waals surface area contributed by atoms with Gasteiger partial charge < -0.3 is 69.1 Å². The quantitative estimate of drug-likeness (QED) is 0.0168. The second kappa shape index (κ2) is 25.1. The van der Waals surface area contributed by atoms with Gasteiger partial charge in [-0.2, -0.15) is 4.99 Å². The molecule has 0 aliphatic carbocycles. The number of carbonyl (C=O) groups is 8. The lowest BCUT2D eigenvalue weighted by Crippen LogP contribution is -2.59. The van der Waals surface area contributed by atoms with Crippen LogP contribution >= 0.6 is 0 Å². The molecule has 23 heteroatoms. The van der Waals surface area contributed by atoms with E-state index in [2.05, 4.69) is 51.9 Å². The summed E-state index contributed by atoms with van der Waals surface area (Å²) < 4.78 is 0. The smallest absolute Gasteiger partial charge is 0.292 e. The Hall–Kier alpha value is -7.53. The van der Waals surface area contributed by atoms with Crippen molar-refractivity contribution < 1.29 is 48.6 Å². The molecule has 0 spiro atoms. The highest BCUT2D eigenvalue weighted by molar-refractivity contribution is 6.44. The van der Waals surface area contributed by atoms with Gasteiger partial charge in [-0.1, -0.05) is 44.2 Å². The van der Waals surface area contributed by atoms with Crippen molar-refractivity contribution in [2.24, 2.45) is 38.1 Å². The Labute approximate surface area is 379 Å². The highest BCUT2D eigenvalue weighted by Crippen LogP contribution is 2.20. The molecule has 0 radical (unpaired) electrons. The molecule has 23 nitrogen and oxygen atoms in total. The van der Waals surface area contributed by atoms with Crippen molar-refractivity contribution in [3.63, 3.8) is 0 Å². The fourth-order valence-electron chi connectivity index (χ4n) is 6.76. The first kappa shape index (κ1) is 51.1. The zero-order chi connectivity index (χ0) is 48.3. The van der Waals surface area contributed by atoms with Crippen LogP contribution in [0.4, 0.5) is 0 Å². The Kier molecular flexibility index (Phi) is 19.4. The molecule has 2 heterocycles. The molecular weight excluding hydrogens is 859 g/mol. The van der Waals surface area contributed by atoms with Crippen LogP contribution < -0.4 is 49.1 Å². The van der Waals surface area contributed by atoms with Crippen LogP contribution in [0.25, 0.3) is 10.9 Å². The number of aldehydes is 1. The van der Waals surface area contributed by atoms with Crippen molar-refractivity contribution in [2.75, 3.05) is 19.7 Å². The first-order valence-corrected chi connectivity index (χ1v) is 21.1. The van der Waals surface area contributed by atoms with Crippen molar-refractivity contribution in [3.05, 3.63) is 65.9 Å². The number of hydrogen-bond donors (Lipinski definition) is 12. The van der Waals surface area contributed by atoms with E-state index in [0.29, 0.717) is 23.8 Å². The van der Waals surface area contributed by atoms with E-state index in [1.807, 2.05) is 19.9 Å². The molecule has 4 rings (SSSR count). The van der Waals surface area contributed by atoms with Gasteiger partial charge in [0.05, 0.1) is 25.2 Å². The number of para-hydroxylation sites is 1. The molecule has 0 fully saturated rings. The van der Waals surface area contributed by atoms with E-state index in [1.54, 1.807) is 24.4 Å².